The predicted molar refractivity (Wildman–Crippen MR) is 101 cm³/mol. The molecule has 3 aromatic carbocycles. The Morgan fingerprint density at radius 3 is 2.07 bits per heavy atom. The Balaban J connectivity index is 1.95. The Labute approximate surface area is 157 Å². The van der Waals surface area contributed by atoms with E-state index < -0.39 is 9.84 Å². The molecule has 7 heteroatoms. The number of sulfone groups is 1. The Kier molecular flexibility index (Phi) is 5.34. The summed E-state index contributed by atoms with van der Waals surface area (Å²) in [6.07, 6.45) is 0. The van der Waals surface area contributed by atoms with Gasteiger partial charge in [0.15, 0.2) is 0 Å². The molecule has 0 heterocycles. The smallest absolute Gasteiger partial charge is 0.206 e. The fourth-order valence-corrected chi connectivity index (χ4v) is 4.00. The number of aromatic hydroxyl groups is 2. The summed E-state index contributed by atoms with van der Waals surface area (Å²) in [4.78, 5) is 1.66. The first-order chi connectivity index (χ1) is 12.9. The summed E-state index contributed by atoms with van der Waals surface area (Å²) in [6, 6.07) is 18.4. The number of aliphatic hydroxyl groups excluding tert-OH is 1. The molecule has 0 aliphatic heterocycles. The van der Waals surface area contributed by atoms with Crippen molar-refractivity contribution in [2.45, 2.75) is 16.3 Å². The van der Waals surface area contributed by atoms with Crippen molar-refractivity contribution >= 4 is 15.5 Å². The van der Waals surface area contributed by atoms with Crippen LogP contribution < -0.4 is 4.90 Å². The molecule has 140 valence electrons. The van der Waals surface area contributed by atoms with E-state index in [1.165, 1.54) is 42.5 Å². The van der Waals surface area contributed by atoms with Crippen LogP contribution in [-0.4, -0.2) is 30.5 Å². The van der Waals surface area contributed by atoms with Gasteiger partial charge in [-0.15, -0.1) is 0 Å². The van der Waals surface area contributed by atoms with Crippen molar-refractivity contribution in [3.05, 3.63) is 78.4 Å². The molecule has 0 unspecified atom stereocenters. The maximum absolute atomic E-state index is 12.8. The van der Waals surface area contributed by atoms with Crippen LogP contribution in [0, 0.1) is 0 Å². The molecule has 3 aromatic rings. The molecule has 3 N–H and O–H groups in total. The van der Waals surface area contributed by atoms with E-state index in [9.17, 15) is 23.7 Å². The molecule has 0 amide bonds. The quantitative estimate of drug-likeness (QED) is 0.565. The predicted octanol–water partition coefficient (Wildman–Crippen LogP) is 2.89. The maximum Gasteiger partial charge on any atom is 0.206 e. The van der Waals surface area contributed by atoms with Crippen molar-refractivity contribution in [2.24, 2.45) is 0 Å². The number of hydrogen-bond donors (Lipinski definition) is 3. The van der Waals surface area contributed by atoms with Crippen molar-refractivity contribution < 1.29 is 23.7 Å². The second-order valence-corrected chi connectivity index (χ2v) is 7.91. The molecule has 0 radical (unpaired) electrons. The zero-order valence-corrected chi connectivity index (χ0v) is 15.2. The van der Waals surface area contributed by atoms with E-state index in [2.05, 4.69) is 0 Å². The summed E-state index contributed by atoms with van der Waals surface area (Å²) in [5, 5.41) is 29.2. The number of hydrogen-bond acceptors (Lipinski definition) is 6. The first-order valence-electron chi connectivity index (χ1n) is 8.18. The molecular weight excluding hydrogens is 366 g/mol. The van der Waals surface area contributed by atoms with Crippen LogP contribution in [0.3, 0.4) is 0 Å². The van der Waals surface area contributed by atoms with Crippen molar-refractivity contribution in [1.29, 1.82) is 0 Å². The van der Waals surface area contributed by atoms with Gasteiger partial charge in [-0.05, 0) is 54.6 Å². The van der Waals surface area contributed by atoms with Crippen LogP contribution in [-0.2, 0) is 16.4 Å². The Hall–Kier alpha value is -3.03. The van der Waals surface area contributed by atoms with Crippen LogP contribution in [0.4, 0.5) is 5.69 Å². The fourth-order valence-electron chi connectivity index (χ4n) is 2.68. The number of aliphatic hydroxyl groups is 1. The molecule has 0 bridgehead atoms. The lowest BCUT2D eigenvalue weighted by Gasteiger charge is -2.23. The summed E-state index contributed by atoms with van der Waals surface area (Å²) in [5.74, 6) is -0.0872. The molecule has 0 saturated carbocycles. The summed E-state index contributed by atoms with van der Waals surface area (Å²) >= 11 is 0. The number of rotatable bonds is 6. The monoisotopic (exact) mass is 385 g/mol. The van der Waals surface area contributed by atoms with Crippen molar-refractivity contribution in [1.82, 2.24) is 0 Å². The van der Waals surface area contributed by atoms with Crippen LogP contribution in [0.25, 0.3) is 0 Å². The molecule has 0 aliphatic rings. The third kappa shape index (κ3) is 4.05. The van der Waals surface area contributed by atoms with Gasteiger partial charge in [-0.2, -0.15) is 0 Å². The van der Waals surface area contributed by atoms with E-state index in [0.29, 0.717) is 5.56 Å². The van der Waals surface area contributed by atoms with Crippen LogP contribution in [0.15, 0.2) is 82.6 Å². The minimum Gasteiger partial charge on any atom is -0.508 e. The van der Waals surface area contributed by atoms with Gasteiger partial charge in [0.05, 0.1) is 9.79 Å². The largest absolute Gasteiger partial charge is 0.508 e. The number of phenols is 2. The molecule has 0 atom stereocenters. The van der Waals surface area contributed by atoms with Crippen molar-refractivity contribution in [2.75, 3.05) is 11.6 Å². The van der Waals surface area contributed by atoms with E-state index in [1.807, 2.05) is 30.3 Å². The van der Waals surface area contributed by atoms with E-state index in [-0.39, 0.29) is 34.6 Å². The van der Waals surface area contributed by atoms with Crippen LogP contribution in [0.1, 0.15) is 5.56 Å². The van der Waals surface area contributed by atoms with Gasteiger partial charge in [0.25, 0.3) is 0 Å². The lowest BCUT2D eigenvalue weighted by molar-refractivity contribution is 0.289. The Bertz CT molecular complexity index is 1020. The third-order valence-electron chi connectivity index (χ3n) is 4.16. The Morgan fingerprint density at radius 2 is 1.44 bits per heavy atom. The number of benzene rings is 3. The molecule has 0 aromatic heterocycles. The average molecular weight is 385 g/mol. The SMILES string of the molecule is O=S(=O)(c1ccc(O)cc1)c1ccc(O)c(CN(CO)c2ccccc2)c1. The van der Waals surface area contributed by atoms with Crippen LogP contribution in [0.5, 0.6) is 11.5 Å². The summed E-state index contributed by atoms with van der Waals surface area (Å²) in [5.41, 5.74) is 1.11. The molecule has 0 aliphatic carbocycles. The molecule has 0 saturated heterocycles. The van der Waals surface area contributed by atoms with E-state index >= 15 is 0 Å². The summed E-state index contributed by atoms with van der Waals surface area (Å²) < 4.78 is 25.6. The highest BCUT2D eigenvalue weighted by Gasteiger charge is 2.20. The molecule has 3 rings (SSSR count). The first-order valence-corrected chi connectivity index (χ1v) is 9.67. The van der Waals surface area contributed by atoms with Gasteiger partial charge in [0.1, 0.15) is 18.2 Å². The minimum atomic E-state index is -3.81. The van der Waals surface area contributed by atoms with E-state index in [0.717, 1.165) is 5.69 Å². The van der Waals surface area contributed by atoms with Crippen LogP contribution >= 0.6 is 0 Å². The highest BCUT2D eigenvalue weighted by atomic mass is 32.2. The standard InChI is InChI=1S/C20H19NO5S/c22-14-21(16-4-2-1-3-5-16)13-15-12-19(10-11-20(15)24)27(25,26)18-8-6-17(23)7-9-18/h1-12,22-24H,13-14H2. The van der Waals surface area contributed by atoms with E-state index in [1.54, 1.807) is 4.90 Å². The van der Waals surface area contributed by atoms with Gasteiger partial charge in [-0.25, -0.2) is 8.42 Å². The second kappa shape index (κ2) is 7.69. The normalized spacial score (nSPS) is 11.3. The van der Waals surface area contributed by atoms with Gasteiger partial charge in [0.2, 0.25) is 9.84 Å². The van der Waals surface area contributed by atoms with Gasteiger partial charge in [-0.3, -0.25) is 0 Å². The summed E-state index contributed by atoms with van der Waals surface area (Å²) in [7, 11) is -3.81. The lowest BCUT2D eigenvalue weighted by Crippen LogP contribution is -2.23. The highest BCUT2D eigenvalue weighted by Crippen LogP contribution is 2.28. The highest BCUT2D eigenvalue weighted by molar-refractivity contribution is 7.91. The average Bonchev–Trinajstić information content (AvgIpc) is 2.68. The second-order valence-electron chi connectivity index (χ2n) is 5.96. The number of anilines is 1. The van der Waals surface area contributed by atoms with Gasteiger partial charge < -0.3 is 20.2 Å². The molecule has 0 spiro atoms. The van der Waals surface area contributed by atoms with Gasteiger partial charge in [0, 0.05) is 17.8 Å². The van der Waals surface area contributed by atoms with Gasteiger partial charge >= 0.3 is 0 Å². The summed E-state index contributed by atoms with van der Waals surface area (Å²) in [6.45, 7) is -0.163. The van der Waals surface area contributed by atoms with Gasteiger partial charge in [-0.1, -0.05) is 18.2 Å². The number of para-hydroxylation sites is 1. The van der Waals surface area contributed by atoms with E-state index in [4.69, 9.17) is 0 Å². The minimum absolute atomic E-state index is 0.0203. The lowest BCUT2D eigenvalue weighted by atomic mass is 10.2. The fraction of sp³-hybridized carbons (Fsp3) is 0.100. The van der Waals surface area contributed by atoms with Crippen molar-refractivity contribution in [3.63, 3.8) is 0 Å². The topological polar surface area (TPSA) is 98.1 Å². The molecular formula is C20H19NO5S. The molecule has 27 heavy (non-hydrogen) atoms. The molecule has 6 nitrogen and oxygen atoms in total. The zero-order chi connectivity index (χ0) is 19.4. The number of nitrogens with zero attached hydrogens (tertiary/aromatic N) is 1. The molecule has 0 fully saturated rings. The third-order valence-corrected chi connectivity index (χ3v) is 5.93. The van der Waals surface area contributed by atoms with Crippen molar-refractivity contribution in [3.8, 4) is 11.5 Å². The Morgan fingerprint density at radius 1 is 0.815 bits per heavy atom. The number of phenolic OH excluding ortho intramolecular Hbond substituents is 2. The maximum atomic E-state index is 12.8. The first kappa shape index (κ1) is 18.8. The van der Waals surface area contributed by atoms with Crippen LogP contribution in [0.2, 0.25) is 0 Å². The zero-order valence-electron chi connectivity index (χ0n) is 14.4.